The predicted octanol–water partition coefficient (Wildman–Crippen LogP) is 2.60. The Morgan fingerprint density at radius 3 is 2.91 bits per heavy atom. The maximum absolute atomic E-state index is 13.2. The Morgan fingerprint density at radius 1 is 1.43 bits per heavy atom. The van der Waals surface area contributed by atoms with Gasteiger partial charge in [-0.05, 0) is 38.0 Å². The van der Waals surface area contributed by atoms with Crippen molar-refractivity contribution in [3.05, 3.63) is 34.4 Å². The van der Waals surface area contributed by atoms with Crippen LogP contribution >= 0.6 is 11.8 Å². The zero-order chi connectivity index (χ0) is 16.4. The van der Waals surface area contributed by atoms with Crippen LogP contribution in [0.15, 0.2) is 28.2 Å². The third-order valence-corrected chi connectivity index (χ3v) is 4.99. The first kappa shape index (κ1) is 16.0. The van der Waals surface area contributed by atoms with Gasteiger partial charge in [-0.1, -0.05) is 24.6 Å². The van der Waals surface area contributed by atoms with Gasteiger partial charge in [-0.2, -0.15) is 0 Å². The van der Waals surface area contributed by atoms with Crippen LogP contribution in [0.3, 0.4) is 0 Å². The lowest BCUT2D eigenvalue weighted by molar-refractivity contribution is -0.120. The van der Waals surface area contributed by atoms with E-state index in [-0.39, 0.29) is 22.6 Å². The van der Waals surface area contributed by atoms with Crippen LogP contribution in [0.2, 0.25) is 0 Å². The molecule has 1 heterocycles. The second kappa shape index (κ2) is 6.70. The Labute approximate surface area is 137 Å². The summed E-state index contributed by atoms with van der Waals surface area (Å²) < 4.78 is 13.2. The number of fused-ring (bicyclic) bond motifs is 1. The molecule has 1 aromatic heterocycles. The number of amides is 1. The second-order valence-electron chi connectivity index (χ2n) is 5.78. The van der Waals surface area contributed by atoms with Gasteiger partial charge >= 0.3 is 0 Å². The van der Waals surface area contributed by atoms with Gasteiger partial charge in [-0.15, -0.1) is 0 Å². The average Bonchev–Trinajstić information content (AvgIpc) is 3.01. The first-order valence-electron chi connectivity index (χ1n) is 7.69. The van der Waals surface area contributed by atoms with Gasteiger partial charge in [0.2, 0.25) is 5.91 Å². The third-order valence-electron chi connectivity index (χ3n) is 4.00. The number of halogens is 1. The van der Waals surface area contributed by atoms with Gasteiger partial charge in [0.05, 0.1) is 16.2 Å². The molecule has 0 saturated heterocycles. The summed E-state index contributed by atoms with van der Waals surface area (Å²) in [6, 6.07) is 4.15. The van der Waals surface area contributed by atoms with Gasteiger partial charge in [-0.25, -0.2) is 9.37 Å². The van der Waals surface area contributed by atoms with Gasteiger partial charge < -0.3 is 10.3 Å². The molecule has 1 atom stereocenters. The number of aromatic nitrogens is 2. The standard InChI is InChI=1S/C16H18FN3O2S/c1-9(14(21)18-11-4-2-3-5-11)23-16-19-13-7-6-10(17)8-12(13)15(22)20-16/h6-9,11H,2-5H2,1H3,(H,18,21)(H,19,20,22)/t9-/m1/s1. The van der Waals surface area contributed by atoms with Crippen LogP contribution in [0.25, 0.3) is 10.9 Å². The van der Waals surface area contributed by atoms with Gasteiger partial charge in [0, 0.05) is 6.04 Å². The minimum absolute atomic E-state index is 0.0521. The lowest BCUT2D eigenvalue weighted by atomic mass is 10.2. The third kappa shape index (κ3) is 3.72. The highest BCUT2D eigenvalue weighted by Crippen LogP contribution is 2.22. The molecule has 0 unspecified atom stereocenters. The number of thioether (sulfide) groups is 1. The number of nitrogens with one attached hydrogen (secondary N) is 2. The summed E-state index contributed by atoms with van der Waals surface area (Å²) in [5.74, 6) is -0.529. The molecule has 7 heteroatoms. The fourth-order valence-corrected chi connectivity index (χ4v) is 3.57. The van der Waals surface area contributed by atoms with Crippen molar-refractivity contribution >= 4 is 28.6 Å². The second-order valence-corrected chi connectivity index (χ2v) is 7.11. The van der Waals surface area contributed by atoms with Crippen LogP contribution in [-0.4, -0.2) is 27.2 Å². The molecule has 0 aliphatic heterocycles. The fourth-order valence-electron chi connectivity index (χ4n) is 2.75. The van der Waals surface area contributed by atoms with Crippen LogP contribution in [0.5, 0.6) is 0 Å². The Morgan fingerprint density at radius 2 is 2.17 bits per heavy atom. The number of carbonyl (C=O) groups excluding carboxylic acids is 1. The molecule has 0 spiro atoms. The van der Waals surface area contributed by atoms with E-state index in [1.807, 2.05) is 0 Å². The Bertz CT molecular complexity index is 786. The summed E-state index contributed by atoms with van der Waals surface area (Å²) in [6.45, 7) is 1.78. The number of benzene rings is 1. The zero-order valence-electron chi connectivity index (χ0n) is 12.8. The summed E-state index contributed by atoms with van der Waals surface area (Å²) >= 11 is 1.20. The number of aromatic amines is 1. The van der Waals surface area contributed by atoms with Crippen molar-refractivity contribution in [1.29, 1.82) is 0 Å². The number of carbonyl (C=O) groups is 1. The molecule has 23 heavy (non-hydrogen) atoms. The smallest absolute Gasteiger partial charge is 0.259 e. The number of rotatable bonds is 4. The summed E-state index contributed by atoms with van der Waals surface area (Å²) in [4.78, 5) is 31.1. The highest BCUT2D eigenvalue weighted by Gasteiger charge is 2.22. The van der Waals surface area contributed by atoms with Crippen LogP contribution in [0, 0.1) is 5.82 Å². The van der Waals surface area contributed by atoms with Crippen molar-refractivity contribution in [2.24, 2.45) is 0 Å². The molecule has 2 aromatic rings. The lowest BCUT2D eigenvalue weighted by Gasteiger charge is -2.16. The first-order chi connectivity index (χ1) is 11.0. The number of H-pyrrole nitrogens is 1. The summed E-state index contributed by atoms with van der Waals surface area (Å²) in [5.41, 5.74) is 0.0152. The maximum Gasteiger partial charge on any atom is 0.259 e. The van der Waals surface area contributed by atoms with Crippen molar-refractivity contribution in [2.45, 2.75) is 49.1 Å². The van der Waals surface area contributed by atoms with Crippen LogP contribution in [0.4, 0.5) is 4.39 Å². The predicted molar refractivity (Wildman–Crippen MR) is 88.0 cm³/mol. The van der Waals surface area contributed by atoms with E-state index in [4.69, 9.17) is 0 Å². The average molecular weight is 335 g/mol. The van der Waals surface area contributed by atoms with Crippen LogP contribution in [0.1, 0.15) is 32.6 Å². The van der Waals surface area contributed by atoms with E-state index in [0.717, 1.165) is 31.7 Å². The number of hydrogen-bond donors (Lipinski definition) is 2. The molecular formula is C16H18FN3O2S. The molecule has 1 aliphatic rings. The van der Waals surface area contributed by atoms with E-state index in [0.29, 0.717) is 10.7 Å². The van der Waals surface area contributed by atoms with E-state index in [9.17, 15) is 14.0 Å². The van der Waals surface area contributed by atoms with Gasteiger partial charge in [0.1, 0.15) is 5.82 Å². The van der Waals surface area contributed by atoms with E-state index >= 15 is 0 Å². The number of nitrogens with zero attached hydrogens (tertiary/aromatic N) is 1. The molecule has 1 amide bonds. The topological polar surface area (TPSA) is 74.8 Å². The molecule has 2 N–H and O–H groups in total. The molecule has 0 bridgehead atoms. The largest absolute Gasteiger partial charge is 0.352 e. The van der Waals surface area contributed by atoms with Gasteiger partial charge in [0.25, 0.3) is 5.56 Å². The highest BCUT2D eigenvalue weighted by molar-refractivity contribution is 8.00. The first-order valence-corrected chi connectivity index (χ1v) is 8.57. The quantitative estimate of drug-likeness (QED) is 0.665. The summed E-state index contributed by atoms with van der Waals surface area (Å²) in [5, 5.41) is 3.23. The number of hydrogen-bond acceptors (Lipinski definition) is 4. The van der Waals surface area contributed by atoms with Crippen molar-refractivity contribution < 1.29 is 9.18 Å². The van der Waals surface area contributed by atoms with E-state index < -0.39 is 11.4 Å². The monoisotopic (exact) mass is 335 g/mol. The normalized spacial score (nSPS) is 16.6. The Kier molecular flexibility index (Phi) is 4.66. The summed E-state index contributed by atoms with van der Waals surface area (Å²) in [7, 11) is 0. The molecule has 1 aliphatic carbocycles. The Hall–Kier alpha value is -1.89. The molecule has 1 fully saturated rings. The van der Waals surface area contributed by atoms with Gasteiger partial charge in [-0.3, -0.25) is 9.59 Å². The Balaban J connectivity index is 1.74. The van der Waals surface area contributed by atoms with E-state index in [1.165, 1.54) is 23.9 Å². The SMILES string of the molecule is C[C@@H](Sc1nc2ccc(F)cc2c(=O)[nH]1)C(=O)NC1CCCC1. The van der Waals surface area contributed by atoms with Crippen LogP contribution < -0.4 is 10.9 Å². The van der Waals surface area contributed by atoms with Crippen LogP contribution in [-0.2, 0) is 4.79 Å². The molecular weight excluding hydrogens is 317 g/mol. The van der Waals surface area contributed by atoms with Crippen molar-refractivity contribution in [2.75, 3.05) is 0 Å². The lowest BCUT2D eigenvalue weighted by Crippen LogP contribution is -2.37. The minimum Gasteiger partial charge on any atom is -0.352 e. The minimum atomic E-state index is -0.477. The maximum atomic E-state index is 13.2. The molecule has 122 valence electrons. The molecule has 1 aromatic carbocycles. The van der Waals surface area contributed by atoms with Gasteiger partial charge in [0.15, 0.2) is 5.16 Å². The van der Waals surface area contributed by atoms with Crippen molar-refractivity contribution in [3.8, 4) is 0 Å². The van der Waals surface area contributed by atoms with E-state index in [1.54, 1.807) is 6.92 Å². The molecule has 0 radical (unpaired) electrons. The molecule has 3 rings (SSSR count). The van der Waals surface area contributed by atoms with Crippen molar-refractivity contribution in [3.63, 3.8) is 0 Å². The summed E-state index contributed by atoms with van der Waals surface area (Å²) in [6.07, 6.45) is 4.37. The van der Waals surface area contributed by atoms with Crippen molar-refractivity contribution in [1.82, 2.24) is 15.3 Å². The van der Waals surface area contributed by atoms with E-state index in [2.05, 4.69) is 15.3 Å². The zero-order valence-corrected chi connectivity index (χ0v) is 13.6. The highest BCUT2D eigenvalue weighted by atomic mass is 32.2. The molecule has 5 nitrogen and oxygen atoms in total. The molecule has 1 saturated carbocycles. The fraction of sp³-hybridized carbons (Fsp3) is 0.438.